The Labute approximate surface area is 247 Å². The molecule has 0 aliphatic carbocycles. The van der Waals surface area contributed by atoms with Gasteiger partial charge in [0.25, 0.3) is 0 Å². The van der Waals surface area contributed by atoms with Gasteiger partial charge in [-0.3, -0.25) is 4.57 Å². The molecule has 0 saturated heterocycles. The fourth-order valence-electron chi connectivity index (χ4n) is 6.39. The third-order valence-corrected chi connectivity index (χ3v) is 8.20. The maximum absolute atomic E-state index is 14.2. The van der Waals surface area contributed by atoms with Gasteiger partial charge in [0.2, 0.25) is 0 Å². The third kappa shape index (κ3) is 3.58. The molecule has 204 valence electrons. The molecule has 8 rings (SSSR count). The molecule has 43 heavy (non-hydrogen) atoms. The molecule has 0 N–H and O–H groups in total. The molecule has 3 aromatic heterocycles. The van der Waals surface area contributed by atoms with E-state index in [1.165, 1.54) is 0 Å². The van der Waals surface area contributed by atoms with E-state index in [1.807, 2.05) is 78.9 Å². The van der Waals surface area contributed by atoms with Gasteiger partial charge < -0.3 is 4.57 Å². The summed E-state index contributed by atoms with van der Waals surface area (Å²) in [7, 11) is 0. The Morgan fingerprint density at radius 2 is 1.42 bits per heavy atom. The van der Waals surface area contributed by atoms with E-state index < -0.39 is 0 Å². The van der Waals surface area contributed by atoms with Crippen molar-refractivity contribution < 1.29 is 0 Å². The molecule has 5 nitrogen and oxygen atoms in total. The molecule has 0 aliphatic heterocycles. The monoisotopic (exact) mass is 554 g/mol. The van der Waals surface area contributed by atoms with Gasteiger partial charge in [0, 0.05) is 16.5 Å². The highest BCUT2D eigenvalue weighted by Crippen LogP contribution is 2.38. The highest BCUT2D eigenvalue weighted by Gasteiger charge is 2.20. The van der Waals surface area contributed by atoms with Crippen LogP contribution in [0.15, 0.2) is 151 Å². The van der Waals surface area contributed by atoms with Gasteiger partial charge in [0.05, 0.1) is 38.7 Å². The maximum Gasteiger partial charge on any atom is 0.339 e. The second-order valence-corrected chi connectivity index (χ2v) is 10.5. The molecule has 0 radical (unpaired) electrons. The van der Waals surface area contributed by atoms with Gasteiger partial charge in [-0.25, -0.2) is 14.2 Å². The lowest BCUT2D eigenvalue weighted by Crippen LogP contribution is -2.26. The highest BCUT2D eigenvalue weighted by atomic mass is 16.1. The van der Waals surface area contributed by atoms with Crippen molar-refractivity contribution in [1.82, 2.24) is 18.5 Å². The Bertz CT molecular complexity index is 2510. The first-order chi connectivity index (χ1) is 21.2. The molecule has 3 heterocycles. The van der Waals surface area contributed by atoms with Gasteiger partial charge in [-0.05, 0) is 71.8 Å². The number of hydrogen-bond donors (Lipinski definition) is 0. The van der Waals surface area contributed by atoms with Crippen molar-refractivity contribution in [2.24, 2.45) is 0 Å². The average molecular weight is 555 g/mol. The van der Waals surface area contributed by atoms with E-state index in [4.69, 9.17) is 4.98 Å². The van der Waals surface area contributed by atoms with E-state index in [-0.39, 0.29) is 5.69 Å². The first kappa shape index (κ1) is 24.8. The first-order valence-electron chi connectivity index (χ1n) is 14.2. The number of nitrogens with zero attached hydrogens (tertiary/aromatic N) is 4. The number of benzene rings is 5. The van der Waals surface area contributed by atoms with Crippen molar-refractivity contribution in [3.05, 3.63) is 157 Å². The van der Waals surface area contributed by atoms with Crippen LogP contribution >= 0.6 is 0 Å². The average Bonchev–Trinajstić information content (AvgIpc) is 3.60. The smallest absolute Gasteiger partial charge is 0.309 e. The SMILES string of the molecule is C=C/C=C(\C=C)n1c2ccccc2c2cc(-c3cccc4c3c3nc5ccccc5n3c(=O)n4-c3ccccc3)ccc21. The van der Waals surface area contributed by atoms with E-state index in [2.05, 4.69) is 66.3 Å². The molecule has 5 aromatic carbocycles. The van der Waals surface area contributed by atoms with Crippen molar-refractivity contribution in [2.75, 3.05) is 0 Å². The standard InChI is InChI=1S/C38H26N4O/c1-3-13-26(4-2)40-32-19-10-8-16-29(32)30-24-25(22-23-33(30)40)28-17-12-21-35-36(28)37-39-31-18-9-11-20-34(31)42(37)38(43)41(35)27-14-6-5-7-15-27/h3-24H,1-2H2/b26-13+. The number of rotatable bonds is 5. The largest absolute Gasteiger partial charge is 0.339 e. The molecular weight excluding hydrogens is 528 g/mol. The van der Waals surface area contributed by atoms with Crippen LogP contribution in [0.3, 0.4) is 0 Å². The van der Waals surface area contributed by atoms with Gasteiger partial charge >= 0.3 is 5.69 Å². The van der Waals surface area contributed by atoms with Gasteiger partial charge in [-0.15, -0.1) is 0 Å². The molecule has 0 atom stereocenters. The summed E-state index contributed by atoms with van der Waals surface area (Å²) < 4.78 is 5.76. The highest BCUT2D eigenvalue weighted by molar-refractivity contribution is 6.13. The van der Waals surface area contributed by atoms with Crippen LogP contribution in [0, 0.1) is 0 Å². The minimum absolute atomic E-state index is 0.149. The summed E-state index contributed by atoms with van der Waals surface area (Å²) in [5.74, 6) is 0. The molecule has 0 amide bonds. The van der Waals surface area contributed by atoms with E-state index in [9.17, 15) is 4.79 Å². The van der Waals surface area contributed by atoms with E-state index in [0.29, 0.717) is 5.65 Å². The molecule has 0 aliphatic rings. The van der Waals surface area contributed by atoms with Crippen molar-refractivity contribution in [3.63, 3.8) is 0 Å². The summed E-state index contributed by atoms with van der Waals surface area (Å²) in [5.41, 5.74) is 8.86. The Balaban J connectivity index is 1.51. The van der Waals surface area contributed by atoms with Crippen LogP contribution in [0.4, 0.5) is 0 Å². The predicted molar refractivity (Wildman–Crippen MR) is 179 cm³/mol. The quantitative estimate of drug-likeness (QED) is 0.200. The zero-order chi connectivity index (χ0) is 29.1. The van der Waals surface area contributed by atoms with Gasteiger partial charge in [-0.1, -0.05) is 86.0 Å². The lowest BCUT2D eigenvalue weighted by atomic mass is 9.99. The third-order valence-electron chi connectivity index (χ3n) is 8.20. The summed E-state index contributed by atoms with van der Waals surface area (Å²) >= 11 is 0. The minimum atomic E-state index is -0.149. The second kappa shape index (κ2) is 9.57. The summed E-state index contributed by atoms with van der Waals surface area (Å²) in [6, 6.07) is 38.7. The van der Waals surface area contributed by atoms with Crippen molar-refractivity contribution >= 4 is 55.1 Å². The minimum Gasteiger partial charge on any atom is -0.309 e. The molecule has 8 aromatic rings. The van der Waals surface area contributed by atoms with Crippen LogP contribution in [0.25, 0.3) is 71.9 Å². The Hall–Kier alpha value is -5.94. The van der Waals surface area contributed by atoms with Crippen LogP contribution in [-0.4, -0.2) is 18.5 Å². The van der Waals surface area contributed by atoms with Crippen LogP contribution in [0.2, 0.25) is 0 Å². The fraction of sp³-hybridized carbons (Fsp3) is 0. The van der Waals surface area contributed by atoms with Crippen molar-refractivity contribution in [3.8, 4) is 16.8 Å². The Morgan fingerprint density at radius 1 is 0.698 bits per heavy atom. The Morgan fingerprint density at radius 3 is 2.23 bits per heavy atom. The molecule has 0 fully saturated rings. The van der Waals surface area contributed by atoms with E-state index in [1.54, 1.807) is 15.0 Å². The molecule has 0 bridgehead atoms. The topological polar surface area (TPSA) is 44.2 Å². The number of imidazole rings is 1. The van der Waals surface area contributed by atoms with Crippen LogP contribution in [-0.2, 0) is 0 Å². The van der Waals surface area contributed by atoms with Gasteiger partial charge in [0.15, 0.2) is 5.65 Å². The Kier molecular flexibility index (Phi) is 5.52. The summed E-state index contributed by atoms with van der Waals surface area (Å²) in [5, 5.41) is 3.20. The summed E-state index contributed by atoms with van der Waals surface area (Å²) in [6.45, 7) is 7.97. The predicted octanol–water partition coefficient (Wildman–Crippen LogP) is 8.78. The number of aromatic nitrogens is 4. The molecule has 0 unspecified atom stereocenters. The lowest BCUT2D eigenvalue weighted by Gasteiger charge is -2.15. The van der Waals surface area contributed by atoms with Gasteiger partial charge in [-0.2, -0.15) is 0 Å². The van der Waals surface area contributed by atoms with Gasteiger partial charge in [0.1, 0.15) is 0 Å². The van der Waals surface area contributed by atoms with E-state index >= 15 is 0 Å². The van der Waals surface area contributed by atoms with Crippen LogP contribution in [0.1, 0.15) is 0 Å². The number of fused-ring (bicyclic) bond motifs is 8. The summed E-state index contributed by atoms with van der Waals surface area (Å²) in [4.78, 5) is 19.2. The number of para-hydroxylation sites is 4. The fourth-order valence-corrected chi connectivity index (χ4v) is 6.39. The first-order valence-corrected chi connectivity index (χ1v) is 14.2. The van der Waals surface area contributed by atoms with Crippen molar-refractivity contribution in [1.29, 1.82) is 0 Å². The van der Waals surface area contributed by atoms with E-state index in [0.717, 1.165) is 66.3 Å². The molecular formula is C38H26N4O. The van der Waals surface area contributed by atoms with Crippen molar-refractivity contribution in [2.45, 2.75) is 0 Å². The van der Waals surface area contributed by atoms with Crippen LogP contribution < -0.4 is 5.69 Å². The van der Waals surface area contributed by atoms with Crippen LogP contribution in [0.5, 0.6) is 0 Å². The molecule has 0 saturated carbocycles. The zero-order valence-electron chi connectivity index (χ0n) is 23.3. The number of allylic oxidation sites excluding steroid dienone is 4. The normalized spacial score (nSPS) is 12.1. The zero-order valence-corrected chi connectivity index (χ0v) is 23.3. The second-order valence-electron chi connectivity index (χ2n) is 10.5. The number of hydrogen-bond acceptors (Lipinski definition) is 2. The summed E-state index contributed by atoms with van der Waals surface area (Å²) in [6.07, 6.45) is 5.61. The molecule has 5 heteroatoms. The lowest BCUT2D eigenvalue weighted by molar-refractivity contribution is 0.932. The molecule has 0 spiro atoms. The maximum atomic E-state index is 14.2.